The van der Waals surface area contributed by atoms with Gasteiger partial charge in [0.1, 0.15) is 0 Å². The quantitative estimate of drug-likeness (QED) is 0.621. The molecule has 0 N–H and O–H groups in total. The highest BCUT2D eigenvalue weighted by Gasteiger charge is 2.40. The Morgan fingerprint density at radius 1 is 1.25 bits per heavy atom. The van der Waals surface area contributed by atoms with Gasteiger partial charge in [0.25, 0.3) is 0 Å². The molecule has 1 aromatic carbocycles. The Hall–Kier alpha value is -1.18. The molecular weight excluding hydrogens is 155 g/mol. The average Bonchev–Trinajstić information content (AvgIpc) is 2.15. The van der Waals surface area contributed by atoms with Crippen molar-refractivity contribution in [3.63, 3.8) is 0 Å². The van der Waals surface area contributed by atoms with Crippen LogP contribution in [-0.2, 0) is 4.79 Å². The highest BCUT2D eigenvalue weighted by molar-refractivity contribution is 5.95. The third-order valence-corrected chi connectivity index (χ3v) is 2.30. The molecule has 2 atom stereocenters. The van der Waals surface area contributed by atoms with Crippen LogP contribution in [0.4, 0.5) is 4.39 Å². The first kappa shape index (κ1) is 7.47. The topological polar surface area (TPSA) is 17.1 Å². The molecule has 2 heteroatoms. The number of rotatable bonds is 1. The number of hydrogen-bond acceptors (Lipinski definition) is 1. The molecule has 0 saturated heterocycles. The minimum Gasteiger partial charge on any atom is -0.296 e. The summed E-state index contributed by atoms with van der Waals surface area (Å²) >= 11 is 0. The zero-order valence-corrected chi connectivity index (χ0v) is 6.53. The van der Waals surface area contributed by atoms with E-state index in [0.717, 1.165) is 5.56 Å². The van der Waals surface area contributed by atoms with E-state index in [1.54, 1.807) is 0 Å². The number of alkyl halides is 1. The molecule has 0 amide bonds. The lowest BCUT2D eigenvalue weighted by Gasteiger charge is -2.27. The molecule has 0 aromatic heterocycles. The van der Waals surface area contributed by atoms with Crippen LogP contribution in [0.2, 0.25) is 0 Å². The molecule has 0 bridgehead atoms. The van der Waals surface area contributed by atoms with Gasteiger partial charge in [0.15, 0.2) is 12.0 Å². The van der Waals surface area contributed by atoms with Gasteiger partial charge in [0, 0.05) is 5.92 Å². The predicted molar refractivity (Wildman–Crippen MR) is 43.7 cm³/mol. The summed E-state index contributed by atoms with van der Waals surface area (Å²) in [5.74, 6) is -0.442. The van der Waals surface area contributed by atoms with Crippen LogP contribution in [0.1, 0.15) is 17.9 Å². The highest BCUT2D eigenvalue weighted by atomic mass is 19.1. The largest absolute Gasteiger partial charge is 0.296 e. The second kappa shape index (κ2) is 2.70. The van der Waals surface area contributed by atoms with Gasteiger partial charge in [0.05, 0.1) is 0 Å². The van der Waals surface area contributed by atoms with Crippen molar-refractivity contribution < 1.29 is 9.18 Å². The van der Waals surface area contributed by atoms with Crippen LogP contribution in [0.15, 0.2) is 30.3 Å². The van der Waals surface area contributed by atoms with E-state index in [-0.39, 0.29) is 11.7 Å². The summed E-state index contributed by atoms with van der Waals surface area (Å²) in [6.07, 6.45) is -0.849. The molecule has 1 aliphatic rings. The summed E-state index contributed by atoms with van der Waals surface area (Å²) < 4.78 is 12.5. The van der Waals surface area contributed by atoms with Crippen molar-refractivity contribution in [1.82, 2.24) is 0 Å². The lowest BCUT2D eigenvalue weighted by molar-refractivity contribution is -0.133. The van der Waals surface area contributed by atoms with Crippen LogP contribution < -0.4 is 0 Å². The fourth-order valence-corrected chi connectivity index (χ4v) is 1.48. The van der Waals surface area contributed by atoms with E-state index in [4.69, 9.17) is 0 Å². The fraction of sp³-hybridized carbons (Fsp3) is 0.300. The number of halogens is 1. The maximum atomic E-state index is 12.5. The summed E-state index contributed by atoms with van der Waals surface area (Å²) in [6, 6.07) is 9.37. The normalized spacial score (nSPS) is 28.2. The van der Waals surface area contributed by atoms with Gasteiger partial charge in [-0.2, -0.15) is 0 Å². The molecule has 2 unspecified atom stereocenters. The van der Waals surface area contributed by atoms with Gasteiger partial charge in [0.2, 0.25) is 0 Å². The molecular formula is C10H9FO. The number of ketones is 1. The number of hydrogen-bond donors (Lipinski definition) is 0. The van der Waals surface area contributed by atoms with Gasteiger partial charge >= 0.3 is 0 Å². The van der Waals surface area contributed by atoms with Crippen molar-refractivity contribution in [2.24, 2.45) is 0 Å². The van der Waals surface area contributed by atoms with Crippen LogP contribution in [-0.4, -0.2) is 12.0 Å². The molecule has 0 spiro atoms. The molecule has 2 rings (SSSR count). The van der Waals surface area contributed by atoms with Crippen molar-refractivity contribution in [2.45, 2.75) is 18.5 Å². The Morgan fingerprint density at radius 3 is 2.42 bits per heavy atom. The summed E-state index contributed by atoms with van der Waals surface area (Å²) in [6.45, 7) is 0. The Labute approximate surface area is 70.2 Å². The summed E-state index contributed by atoms with van der Waals surface area (Å²) in [4.78, 5) is 11.0. The molecule has 1 nitrogen and oxygen atoms in total. The third-order valence-electron chi connectivity index (χ3n) is 2.30. The molecule has 1 fully saturated rings. The van der Waals surface area contributed by atoms with Crippen molar-refractivity contribution >= 4 is 5.78 Å². The Kier molecular flexibility index (Phi) is 1.68. The fourth-order valence-electron chi connectivity index (χ4n) is 1.48. The summed E-state index contributed by atoms with van der Waals surface area (Å²) in [5.41, 5.74) is 0.941. The standard InChI is InChI=1S/C10H9FO/c11-9-6-8(10(9)12)7-4-2-1-3-5-7/h1-5,8-9H,6H2. The molecule has 1 aromatic rings. The first-order valence-electron chi connectivity index (χ1n) is 4.02. The predicted octanol–water partition coefficient (Wildman–Crippen LogP) is 2.08. The Balaban J connectivity index is 2.19. The SMILES string of the molecule is O=C1C(F)CC1c1ccccc1. The van der Waals surface area contributed by atoms with E-state index in [1.807, 2.05) is 30.3 Å². The molecule has 62 valence electrons. The maximum Gasteiger partial charge on any atom is 0.174 e. The highest BCUT2D eigenvalue weighted by Crippen LogP contribution is 2.34. The van der Waals surface area contributed by atoms with Gasteiger partial charge in [-0.25, -0.2) is 4.39 Å². The summed E-state index contributed by atoms with van der Waals surface area (Å²) in [5, 5.41) is 0. The van der Waals surface area contributed by atoms with E-state index >= 15 is 0 Å². The number of carbonyl (C=O) groups excluding carboxylic acids is 1. The maximum absolute atomic E-state index is 12.5. The minimum atomic E-state index is -1.21. The zero-order valence-electron chi connectivity index (χ0n) is 6.53. The van der Waals surface area contributed by atoms with Gasteiger partial charge in [-0.1, -0.05) is 30.3 Å². The molecule has 0 aliphatic heterocycles. The molecule has 1 aliphatic carbocycles. The number of Topliss-reactive ketones (excluding diaryl/α,β-unsaturated/α-hetero) is 1. The van der Waals surface area contributed by atoms with Crippen molar-refractivity contribution in [3.8, 4) is 0 Å². The number of carbonyl (C=O) groups is 1. The van der Waals surface area contributed by atoms with Crippen LogP contribution in [0.3, 0.4) is 0 Å². The third kappa shape index (κ3) is 1.04. The van der Waals surface area contributed by atoms with Gasteiger partial charge in [-0.3, -0.25) is 4.79 Å². The van der Waals surface area contributed by atoms with Crippen molar-refractivity contribution in [3.05, 3.63) is 35.9 Å². The molecule has 12 heavy (non-hydrogen) atoms. The smallest absolute Gasteiger partial charge is 0.174 e. The van der Waals surface area contributed by atoms with E-state index in [2.05, 4.69) is 0 Å². The van der Waals surface area contributed by atoms with Crippen molar-refractivity contribution in [2.75, 3.05) is 0 Å². The average molecular weight is 164 g/mol. The monoisotopic (exact) mass is 164 g/mol. The Morgan fingerprint density at radius 2 is 1.92 bits per heavy atom. The zero-order chi connectivity index (χ0) is 8.55. The lowest BCUT2D eigenvalue weighted by Crippen LogP contribution is -2.36. The van der Waals surface area contributed by atoms with E-state index in [1.165, 1.54) is 0 Å². The van der Waals surface area contributed by atoms with Crippen LogP contribution in [0.5, 0.6) is 0 Å². The van der Waals surface area contributed by atoms with Gasteiger partial charge < -0.3 is 0 Å². The van der Waals surface area contributed by atoms with Gasteiger partial charge in [-0.05, 0) is 12.0 Å². The van der Waals surface area contributed by atoms with Crippen molar-refractivity contribution in [1.29, 1.82) is 0 Å². The van der Waals surface area contributed by atoms with Crippen LogP contribution >= 0.6 is 0 Å². The minimum absolute atomic E-state index is 0.179. The first-order chi connectivity index (χ1) is 5.79. The molecule has 0 heterocycles. The number of benzene rings is 1. The lowest BCUT2D eigenvalue weighted by atomic mass is 9.77. The van der Waals surface area contributed by atoms with E-state index in [0.29, 0.717) is 6.42 Å². The molecule has 1 saturated carbocycles. The summed E-state index contributed by atoms with van der Waals surface area (Å²) in [7, 11) is 0. The second-order valence-corrected chi connectivity index (χ2v) is 3.07. The second-order valence-electron chi connectivity index (χ2n) is 3.07. The van der Waals surface area contributed by atoms with E-state index < -0.39 is 6.17 Å². The van der Waals surface area contributed by atoms with Gasteiger partial charge in [-0.15, -0.1) is 0 Å². The van der Waals surface area contributed by atoms with Crippen LogP contribution in [0, 0.1) is 0 Å². The van der Waals surface area contributed by atoms with E-state index in [9.17, 15) is 9.18 Å². The van der Waals surface area contributed by atoms with Crippen LogP contribution in [0.25, 0.3) is 0 Å². The molecule has 0 radical (unpaired) electrons. The Bertz CT molecular complexity index is 294. The first-order valence-corrected chi connectivity index (χ1v) is 4.02.